The van der Waals surface area contributed by atoms with Gasteiger partial charge in [0.1, 0.15) is 0 Å². The van der Waals surface area contributed by atoms with Crippen LogP contribution < -0.4 is 5.73 Å². The first kappa shape index (κ1) is 17.2. The molecule has 0 aliphatic heterocycles. The summed E-state index contributed by atoms with van der Waals surface area (Å²) in [5.41, 5.74) is 6.98. The fourth-order valence-electron chi connectivity index (χ4n) is 1.48. The van der Waals surface area contributed by atoms with E-state index in [2.05, 4.69) is 0 Å². The van der Waals surface area contributed by atoms with Crippen LogP contribution in [0.25, 0.3) is 0 Å². The number of ether oxygens (including phenoxy) is 2. The number of nitrogen functional groups attached to an aromatic ring is 1. The van der Waals surface area contributed by atoms with Crippen molar-refractivity contribution in [2.24, 2.45) is 0 Å². The van der Waals surface area contributed by atoms with Gasteiger partial charge in [-0.25, -0.2) is 4.79 Å². The van der Waals surface area contributed by atoms with Crippen LogP contribution in [0.15, 0.2) is 18.2 Å². The van der Waals surface area contributed by atoms with E-state index in [1.165, 1.54) is 0 Å². The zero-order chi connectivity index (χ0) is 13.5. The molecule has 0 spiro atoms. The highest BCUT2D eigenvalue weighted by atomic mass is 35.5. The van der Waals surface area contributed by atoms with Gasteiger partial charge in [0.2, 0.25) is 0 Å². The van der Waals surface area contributed by atoms with E-state index in [0.717, 1.165) is 0 Å². The van der Waals surface area contributed by atoms with E-state index >= 15 is 0 Å². The maximum atomic E-state index is 11.6. The van der Waals surface area contributed by atoms with E-state index in [-0.39, 0.29) is 37.0 Å². The summed E-state index contributed by atoms with van der Waals surface area (Å²) in [6.07, 6.45) is 0.112. The molecule has 0 heterocycles. The number of benzene rings is 1. The van der Waals surface area contributed by atoms with Crippen LogP contribution in [0.1, 0.15) is 29.8 Å². The highest BCUT2D eigenvalue weighted by molar-refractivity contribution is 5.95. The number of halogens is 1. The first-order chi connectivity index (χ1) is 8.58. The average molecular weight is 288 g/mol. The summed E-state index contributed by atoms with van der Waals surface area (Å²) >= 11 is 0. The Kier molecular flexibility index (Phi) is 7.60. The fourth-order valence-corrected chi connectivity index (χ4v) is 1.48. The Morgan fingerprint density at radius 3 is 2.37 bits per heavy atom. The van der Waals surface area contributed by atoms with Crippen molar-refractivity contribution in [3.05, 3.63) is 29.3 Å². The molecule has 0 amide bonds. The van der Waals surface area contributed by atoms with Crippen LogP contribution in [-0.4, -0.2) is 25.2 Å². The van der Waals surface area contributed by atoms with E-state index in [1.807, 2.05) is 0 Å². The summed E-state index contributed by atoms with van der Waals surface area (Å²) in [4.78, 5) is 22.9. The van der Waals surface area contributed by atoms with E-state index in [0.29, 0.717) is 17.9 Å². The number of esters is 2. The number of carbonyl (C=O) groups excluding carboxylic acids is 2. The van der Waals surface area contributed by atoms with Gasteiger partial charge in [0.25, 0.3) is 0 Å². The Balaban J connectivity index is 0.00000324. The third-order valence-corrected chi connectivity index (χ3v) is 2.27. The molecule has 0 unspecified atom stereocenters. The number of hydrogen-bond donors (Lipinski definition) is 1. The van der Waals surface area contributed by atoms with Crippen molar-refractivity contribution >= 4 is 30.0 Å². The van der Waals surface area contributed by atoms with Crippen LogP contribution >= 0.6 is 12.4 Å². The van der Waals surface area contributed by atoms with E-state index in [1.54, 1.807) is 32.0 Å². The predicted molar refractivity (Wildman–Crippen MR) is 74.4 cm³/mol. The van der Waals surface area contributed by atoms with E-state index < -0.39 is 5.97 Å². The second kappa shape index (κ2) is 8.37. The largest absolute Gasteiger partial charge is 0.466 e. The van der Waals surface area contributed by atoms with Crippen molar-refractivity contribution in [2.45, 2.75) is 20.3 Å². The molecule has 0 aliphatic carbocycles. The Hall–Kier alpha value is -1.75. The van der Waals surface area contributed by atoms with Gasteiger partial charge in [-0.2, -0.15) is 0 Å². The lowest BCUT2D eigenvalue weighted by atomic mass is 10.1. The van der Waals surface area contributed by atoms with Gasteiger partial charge in [-0.1, -0.05) is 6.07 Å². The van der Waals surface area contributed by atoms with Gasteiger partial charge >= 0.3 is 11.9 Å². The molecule has 5 nitrogen and oxygen atoms in total. The van der Waals surface area contributed by atoms with Gasteiger partial charge in [-0.05, 0) is 31.5 Å². The van der Waals surface area contributed by atoms with Gasteiger partial charge in [0.05, 0.1) is 25.2 Å². The molecule has 0 saturated heterocycles. The normalized spacial score (nSPS) is 9.37. The zero-order valence-corrected chi connectivity index (χ0v) is 11.8. The van der Waals surface area contributed by atoms with Crippen LogP contribution in [-0.2, 0) is 20.7 Å². The molecule has 0 bridgehead atoms. The third-order valence-electron chi connectivity index (χ3n) is 2.27. The highest BCUT2D eigenvalue weighted by Gasteiger charge is 2.13. The SMILES string of the molecule is CCOC(=O)Cc1ccc(N)c(C(=O)OCC)c1.Cl. The number of carbonyl (C=O) groups is 2. The molecule has 0 aliphatic rings. The summed E-state index contributed by atoms with van der Waals surface area (Å²) in [5.74, 6) is -0.821. The summed E-state index contributed by atoms with van der Waals surface area (Å²) in [6.45, 7) is 4.07. The summed E-state index contributed by atoms with van der Waals surface area (Å²) in [7, 11) is 0. The van der Waals surface area contributed by atoms with Crippen LogP contribution in [0.3, 0.4) is 0 Å². The molecule has 0 radical (unpaired) electrons. The Labute approximate surface area is 118 Å². The monoisotopic (exact) mass is 287 g/mol. The number of anilines is 1. The first-order valence-electron chi connectivity index (χ1n) is 5.79. The lowest BCUT2D eigenvalue weighted by Gasteiger charge is -2.08. The lowest BCUT2D eigenvalue weighted by Crippen LogP contribution is -2.11. The maximum absolute atomic E-state index is 11.6. The van der Waals surface area contributed by atoms with Crippen LogP contribution in [0.5, 0.6) is 0 Å². The van der Waals surface area contributed by atoms with Gasteiger partial charge in [-0.3, -0.25) is 4.79 Å². The number of nitrogens with two attached hydrogens (primary N) is 1. The molecular formula is C13H18ClNO4. The molecule has 2 N–H and O–H groups in total. The highest BCUT2D eigenvalue weighted by Crippen LogP contribution is 2.16. The zero-order valence-electron chi connectivity index (χ0n) is 11.0. The summed E-state index contributed by atoms with van der Waals surface area (Å²) < 4.78 is 9.72. The quantitative estimate of drug-likeness (QED) is 0.662. The molecule has 1 aromatic carbocycles. The Morgan fingerprint density at radius 1 is 1.16 bits per heavy atom. The molecule has 6 heteroatoms. The van der Waals surface area contributed by atoms with Crippen molar-refractivity contribution in [1.29, 1.82) is 0 Å². The minimum absolute atomic E-state index is 0. The van der Waals surface area contributed by atoms with Crippen LogP contribution in [0, 0.1) is 0 Å². The molecule has 0 atom stereocenters. The lowest BCUT2D eigenvalue weighted by molar-refractivity contribution is -0.142. The van der Waals surface area contributed by atoms with Crippen molar-refractivity contribution in [3.63, 3.8) is 0 Å². The third kappa shape index (κ3) is 5.18. The van der Waals surface area contributed by atoms with Gasteiger partial charge in [-0.15, -0.1) is 12.4 Å². The topological polar surface area (TPSA) is 78.6 Å². The van der Waals surface area contributed by atoms with E-state index in [9.17, 15) is 9.59 Å². The maximum Gasteiger partial charge on any atom is 0.340 e. The first-order valence-corrected chi connectivity index (χ1v) is 5.79. The number of hydrogen-bond acceptors (Lipinski definition) is 5. The minimum atomic E-state index is -0.485. The van der Waals surface area contributed by atoms with Crippen molar-refractivity contribution in [3.8, 4) is 0 Å². The van der Waals surface area contributed by atoms with Crippen molar-refractivity contribution in [2.75, 3.05) is 18.9 Å². The molecule has 1 rings (SSSR count). The molecule has 0 aromatic heterocycles. The second-order valence-electron chi connectivity index (χ2n) is 3.62. The van der Waals surface area contributed by atoms with Gasteiger partial charge in [0.15, 0.2) is 0 Å². The smallest absolute Gasteiger partial charge is 0.340 e. The summed E-state index contributed by atoms with van der Waals surface area (Å²) in [5, 5.41) is 0. The summed E-state index contributed by atoms with van der Waals surface area (Å²) in [6, 6.07) is 4.83. The molecular weight excluding hydrogens is 270 g/mol. The minimum Gasteiger partial charge on any atom is -0.466 e. The standard InChI is InChI=1S/C13H17NO4.ClH/c1-3-17-12(15)8-9-5-6-11(14)10(7-9)13(16)18-4-2;/h5-7H,3-4,8,14H2,1-2H3;1H. The average Bonchev–Trinajstić information content (AvgIpc) is 2.32. The predicted octanol–water partition coefficient (Wildman–Crippen LogP) is 1.97. The van der Waals surface area contributed by atoms with E-state index in [4.69, 9.17) is 15.2 Å². The van der Waals surface area contributed by atoms with Crippen LogP contribution in [0.4, 0.5) is 5.69 Å². The van der Waals surface area contributed by atoms with Gasteiger partial charge < -0.3 is 15.2 Å². The molecule has 0 saturated carbocycles. The van der Waals surface area contributed by atoms with Crippen molar-refractivity contribution in [1.82, 2.24) is 0 Å². The van der Waals surface area contributed by atoms with Crippen LogP contribution in [0.2, 0.25) is 0 Å². The molecule has 0 fully saturated rings. The Morgan fingerprint density at radius 2 is 1.79 bits per heavy atom. The Bertz CT molecular complexity index is 448. The second-order valence-corrected chi connectivity index (χ2v) is 3.62. The fraction of sp³-hybridized carbons (Fsp3) is 0.385. The molecule has 19 heavy (non-hydrogen) atoms. The van der Waals surface area contributed by atoms with Crippen molar-refractivity contribution < 1.29 is 19.1 Å². The van der Waals surface area contributed by atoms with Gasteiger partial charge in [0, 0.05) is 5.69 Å². The molecule has 106 valence electrons. The number of rotatable bonds is 5. The molecule has 1 aromatic rings.